The van der Waals surface area contributed by atoms with Gasteiger partial charge in [0.1, 0.15) is 6.29 Å². The van der Waals surface area contributed by atoms with E-state index in [1.54, 1.807) is 0 Å². The highest BCUT2D eigenvalue weighted by Gasteiger charge is 2.37. The van der Waals surface area contributed by atoms with Gasteiger partial charge in [0, 0.05) is 29.2 Å². The summed E-state index contributed by atoms with van der Waals surface area (Å²) >= 11 is 0. The molecule has 1 heterocycles. The number of aryl methyl sites for hydroxylation is 1. The van der Waals surface area contributed by atoms with Crippen LogP contribution in [0.5, 0.6) is 0 Å². The Balaban J connectivity index is 2.43. The molecule has 4 heteroatoms. The second-order valence-electron chi connectivity index (χ2n) is 7.92. The Morgan fingerprint density at radius 3 is 2.50 bits per heavy atom. The maximum absolute atomic E-state index is 11.3. The molecule has 0 radical (unpaired) electrons. The van der Waals surface area contributed by atoms with Gasteiger partial charge in [0.15, 0.2) is 8.32 Å². The van der Waals surface area contributed by atoms with Crippen molar-refractivity contribution in [3.05, 3.63) is 47.7 Å². The van der Waals surface area contributed by atoms with Gasteiger partial charge in [-0.05, 0) is 48.3 Å². The van der Waals surface area contributed by atoms with Crippen LogP contribution in [-0.4, -0.2) is 19.2 Å². The van der Waals surface area contributed by atoms with Gasteiger partial charge >= 0.3 is 0 Å². The summed E-state index contributed by atoms with van der Waals surface area (Å²) in [4.78, 5) is 11.3. The van der Waals surface area contributed by atoms with E-state index in [0.717, 1.165) is 34.0 Å². The third kappa shape index (κ3) is 3.40. The number of fused-ring (bicyclic) bond motifs is 1. The van der Waals surface area contributed by atoms with E-state index in [-0.39, 0.29) is 5.04 Å². The van der Waals surface area contributed by atoms with Crippen LogP contribution in [0, 0.1) is 0 Å². The number of carbonyl (C=O) groups excluding carboxylic acids is 1. The number of carbonyl (C=O) groups is 1. The lowest BCUT2D eigenvalue weighted by Crippen LogP contribution is -2.40. The first-order chi connectivity index (χ1) is 11.1. The molecule has 0 atom stereocenters. The van der Waals surface area contributed by atoms with E-state index < -0.39 is 8.32 Å². The second-order valence-corrected chi connectivity index (χ2v) is 12.7. The highest BCUT2D eigenvalue weighted by atomic mass is 28.4. The van der Waals surface area contributed by atoms with Crippen LogP contribution in [0.3, 0.4) is 0 Å². The Morgan fingerprint density at radius 2 is 1.96 bits per heavy atom. The number of benzene rings is 1. The molecule has 0 amide bonds. The van der Waals surface area contributed by atoms with E-state index in [2.05, 4.69) is 58.1 Å². The fraction of sp³-hybridized carbons (Fsp3) is 0.450. The van der Waals surface area contributed by atoms with Crippen molar-refractivity contribution in [3.8, 4) is 0 Å². The Labute approximate surface area is 146 Å². The van der Waals surface area contributed by atoms with Crippen LogP contribution in [0.4, 0.5) is 0 Å². The predicted octanol–water partition coefficient (Wildman–Crippen LogP) is 5.24. The summed E-state index contributed by atoms with van der Waals surface area (Å²) in [6.07, 6.45) is 3.47. The van der Waals surface area contributed by atoms with Gasteiger partial charge in [-0.25, -0.2) is 0 Å². The Kier molecular flexibility index (Phi) is 5.21. The van der Waals surface area contributed by atoms with Crippen LogP contribution in [-0.2, 0) is 24.5 Å². The highest BCUT2D eigenvalue weighted by Crippen LogP contribution is 2.37. The summed E-state index contributed by atoms with van der Waals surface area (Å²) in [6.45, 7) is 15.7. The molecule has 24 heavy (non-hydrogen) atoms. The van der Waals surface area contributed by atoms with Gasteiger partial charge < -0.3 is 8.99 Å². The molecule has 0 N–H and O–H groups in total. The maximum Gasteiger partial charge on any atom is 0.192 e. The number of hydrogen-bond acceptors (Lipinski definition) is 2. The molecule has 0 unspecified atom stereocenters. The number of aldehydes is 1. The standard InChI is InChI=1S/C20H29NO2Si/c1-8-9-17-15(13-22)10-11-19-18(17)12-16(21(19)5)14-23-24(6,7)20(2,3)4/h8,10-13H,1,9,14H2,2-7H3. The molecule has 0 aliphatic carbocycles. The molecule has 3 nitrogen and oxygen atoms in total. The van der Waals surface area contributed by atoms with E-state index >= 15 is 0 Å². The van der Waals surface area contributed by atoms with Gasteiger partial charge in [-0.3, -0.25) is 4.79 Å². The Bertz CT molecular complexity index is 766. The topological polar surface area (TPSA) is 31.2 Å². The quantitative estimate of drug-likeness (QED) is 0.408. The highest BCUT2D eigenvalue weighted by molar-refractivity contribution is 6.74. The molecule has 0 fully saturated rings. The largest absolute Gasteiger partial charge is 0.411 e. The lowest BCUT2D eigenvalue weighted by Gasteiger charge is -2.36. The zero-order chi connectivity index (χ0) is 18.1. The van der Waals surface area contributed by atoms with Crippen molar-refractivity contribution in [3.63, 3.8) is 0 Å². The average molecular weight is 344 g/mol. The molecule has 0 saturated carbocycles. The number of rotatable bonds is 6. The molecule has 0 saturated heterocycles. The number of allylic oxidation sites excluding steroid dienone is 1. The summed E-state index contributed by atoms with van der Waals surface area (Å²) in [5.74, 6) is 0. The fourth-order valence-corrected chi connectivity index (χ4v) is 3.57. The molecule has 0 aliphatic rings. The third-order valence-corrected chi connectivity index (χ3v) is 9.81. The van der Waals surface area contributed by atoms with E-state index in [4.69, 9.17) is 4.43 Å². The van der Waals surface area contributed by atoms with Gasteiger partial charge in [-0.15, -0.1) is 6.58 Å². The molecule has 2 aromatic rings. The average Bonchev–Trinajstić information content (AvgIpc) is 2.82. The van der Waals surface area contributed by atoms with Crippen molar-refractivity contribution in [2.45, 2.75) is 51.9 Å². The lowest BCUT2D eigenvalue weighted by atomic mass is 10.0. The van der Waals surface area contributed by atoms with E-state index in [1.165, 1.54) is 0 Å². The molecular formula is C20H29NO2Si. The van der Waals surface area contributed by atoms with Crippen molar-refractivity contribution < 1.29 is 9.22 Å². The van der Waals surface area contributed by atoms with Crippen LogP contribution in [0.1, 0.15) is 42.4 Å². The van der Waals surface area contributed by atoms with Crippen molar-refractivity contribution >= 4 is 25.5 Å². The number of hydrogen-bond donors (Lipinski definition) is 0. The van der Waals surface area contributed by atoms with Crippen molar-refractivity contribution in [2.24, 2.45) is 7.05 Å². The van der Waals surface area contributed by atoms with Crippen LogP contribution in [0.15, 0.2) is 30.9 Å². The molecule has 1 aromatic carbocycles. The van der Waals surface area contributed by atoms with Gasteiger partial charge in [0.25, 0.3) is 0 Å². The van der Waals surface area contributed by atoms with Gasteiger partial charge in [0.2, 0.25) is 0 Å². The molecule has 2 rings (SSSR count). The van der Waals surface area contributed by atoms with Crippen LogP contribution in [0.25, 0.3) is 10.9 Å². The number of aromatic nitrogens is 1. The summed E-state index contributed by atoms with van der Waals surface area (Å²) in [7, 11) is 0.269. The second kappa shape index (κ2) is 6.69. The summed E-state index contributed by atoms with van der Waals surface area (Å²) in [5, 5.41) is 1.31. The molecule has 1 aromatic heterocycles. The summed E-state index contributed by atoms with van der Waals surface area (Å²) < 4.78 is 8.55. The summed E-state index contributed by atoms with van der Waals surface area (Å²) in [5.41, 5.74) is 4.06. The molecule has 0 bridgehead atoms. The summed E-state index contributed by atoms with van der Waals surface area (Å²) in [6, 6.07) is 6.07. The molecule has 0 spiro atoms. The van der Waals surface area contributed by atoms with Crippen LogP contribution in [0.2, 0.25) is 18.1 Å². The first-order valence-corrected chi connectivity index (χ1v) is 11.3. The van der Waals surface area contributed by atoms with Crippen molar-refractivity contribution in [1.29, 1.82) is 0 Å². The molecule has 130 valence electrons. The van der Waals surface area contributed by atoms with E-state index in [0.29, 0.717) is 13.0 Å². The van der Waals surface area contributed by atoms with E-state index in [1.807, 2.05) is 18.2 Å². The van der Waals surface area contributed by atoms with Gasteiger partial charge in [0.05, 0.1) is 6.61 Å². The van der Waals surface area contributed by atoms with Crippen molar-refractivity contribution in [2.75, 3.05) is 0 Å². The van der Waals surface area contributed by atoms with Gasteiger partial charge in [-0.2, -0.15) is 0 Å². The minimum Gasteiger partial charge on any atom is -0.411 e. The first kappa shape index (κ1) is 18.7. The SMILES string of the molecule is C=CCc1c(C=O)ccc2c1cc(CO[Si](C)(C)C(C)(C)C)n2C. The van der Waals surface area contributed by atoms with E-state index in [9.17, 15) is 4.79 Å². The Morgan fingerprint density at radius 1 is 1.29 bits per heavy atom. The third-order valence-electron chi connectivity index (χ3n) is 5.34. The fourth-order valence-electron chi connectivity index (χ4n) is 2.63. The monoisotopic (exact) mass is 343 g/mol. The minimum absolute atomic E-state index is 0.191. The zero-order valence-electron chi connectivity index (χ0n) is 15.8. The zero-order valence-corrected chi connectivity index (χ0v) is 16.8. The van der Waals surface area contributed by atoms with Crippen molar-refractivity contribution in [1.82, 2.24) is 4.57 Å². The normalized spacial score (nSPS) is 12.6. The first-order valence-electron chi connectivity index (χ1n) is 8.42. The molecule has 0 aliphatic heterocycles. The smallest absolute Gasteiger partial charge is 0.192 e. The number of nitrogens with zero attached hydrogens (tertiary/aromatic N) is 1. The molecular weight excluding hydrogens is 314 g/mol. The van der Waals surface area contributed by atoms with Gasteiger partial charge in [-0.1, -0.05) is 26.8 Å². The Hall–Kier alpha value is -1.65. The maximum atomic E-state index is 11.3. The van der Waals surface area contributed by atoms with Crippen LogP contribution < -0.4 is 0 Å². The minimum atomic E-state index is -1.79. The predicted molar refractivity (Wildman–Crippen MR) is 104 cm³/mol. The lowest BCUT2D eigenvalue weighted by molar-refractivity contribution is 0.112. The van der Waals surface area contributed by atoms with Crippen LogP contribution >= 0.6 is 0 Å².